The Bertz CT molecular complexity index is 984. The summed E-state index contributed by atoms with van der Waals surface area (Å²) in [6, 6.07) is 9.78. The normalized spacial score (nSPS) is 19.4. The van der Waals surface area contributed by atoms with Crippen LogP contribution in [-0.2, 0) is 4.74 Å². The number of nitrogens with zero attached hydrogens (tertiary/aromatic N) is 1. The number of carbonyl (C=O) groups excluding carboxylic acids is 1. The summed E-state index contributed by atoms with van der Waals surface area (Å²) in [5.74, 6) is -0.503. The number of fused-ring (bicyclic) bond motifs is 1. The van der Waals surface area contributed by atoms with Crippen LogP contribution in [-0.4, -0.2) is 37.4 Å². The van der Waals surface area contributed by atoms with Gasteiger partial charge in [0.05, 0.1) is 18.1 Å². The number of aromatic nitrogens is 1. The van der Waals surface area contributed by atoms with Gasteiger partial charge in [0, 0.05) is 24.6 Å². The number of rotatable bonds is 4. The third kappa shape index (κ3) is 3.14. The summed E-state index contributed by atoms with van der Waals surface area (Å²) >= 11 is 0. The van der Waals surface area contributed by atoms with Crippen LogP contribution in [0.3, 0.4) is 0 Å². The van der Waals surface area contributed by atoms with Crippen LogP contribution in [0.25, 0.3) is 22.2 Å². The minimum atomic E-state index is -0.530. The number of hydrogen-bond acceptors (Lipinski definition) is 6. The van der Waals surface area contributed by atoms with Gasteiger partial charge in [-0.05, 0) is 24.3 Å². The molecule has 2 aromatic carbocycles. The van der Waals surface area contributed by atoms with E-state index in [0.717, 1.165) is 6.54 Å². The first kappa shape index (κ1) is 17.5. The molecule has 0 spiro atoms. The first-order valence-electron chi connectivity index (χ1n) is 8.72. The van der Waals surface area contributed by atoms with Gasteiger partial charge in [-0.2, -0.15) is 0 Å². The standard InChI is InChI=1S/C20H19FN2O4/c1-11-9-22-10-16(11)26-20(24)13-5-3-12(4-6-13)19-17-14(27-23-19)7-8-15(25-2)18(17)21/h3-8,11,16,22H,9-10H2,1-2H3/t11-,16?/m1/s1. The highest BCUT2D eigenvalue weighted by molar-refractivity contribution is 5.94. The number of halogens is 1. The van der Waals surface area contributed by atoms with Crippen LogP contribution >= 0.6 is 0 Å². The van der Waals surface area contributed by atoms with Crippen LogP contribution in [0.2, 0.25) is 0 Å². The molecule has 4 rings (SSSR count). The largest absolute Gasteiger partial charge is 0.494 e. The van der Waals surface area contributed by atoms with Gasteiger partial charge in [0.2, 0.25) is 0 Å². The Morgan fingerprint density at radius 2 is 2.00 bits per heavy atom. The molecule has 6 nitrogen and oxygen atoms in total. The number of nitrogens with one attached hydrogen (secondary N) is 1. The zero-order valence-corrected chi connectivity index (χ0v) is 15.0. The van der Waals surface area contributed by atoms with Gasteiger partial charge in [0.15, 0.2) is 17.1 Å². The second-order valence-electron chi connectivity index (χ2n) is 6.64. The fraction of sp³-hybridized carbons (Fsp3) is 0.300. The van der Waals surface area contributed by atoms with Crippen molar-refractivity contribution in [2.45, 2.75) is 13.0 Å². The molecule has 7 heteroatoms. The van der Waals surface area contributed by atoms with Crippen molar-refractivity contribution >= 4 is 16.9 Å². The highest BCUT2D eigenvalue weighted by Crippen LogP contribution is 2.34. The summed E-state index contributed by atoms with van der Waals surface area (Å²) in [7, 11) is 1.40. The molecule has 0 radical (unpaired) electrons. The molecule has 0 aliphatic carbocycles. The van der Waals surface area contributed by atoms with Crippen molar-refractivity contribution in [1.29, 1.82) is 0 Å². The van der Waals surface area contributed by atoms with Crippen molar-refractivity contribution in [1.82, 2.24) is 10.5 Å². The minimum absolute atomic E-state index is 0.117. The number of ether oxygens (including phenoxy) is 2. The predicted molar refractivity (Wildman–Crippen MR) is 97.2 cm³/mol. The van der Waals surface area contributed by atoms with Gasteiger partial charge >= 0.3 is 5.97 Å². The van der Waals surface area contributed by atoms with Crippen LogP contribution in [0.4, 0.5) is 4.39 Å². The molecular weight excluding hydrogens is 351 g/mol. The van der Waals surface area contributed by atoms with E-state index in [1.807, 2.05) is 6.92 Å². The highest BCUT2D eigenvalue weighted by Gasteiger charge is 2.27. The van der Waals surface area contributed by atoms with E-state index >= 15 is 0 Å². The quantitative estimate of drug-likeness (QED) is 0.710. The maximum atomic E-state index is 14.6. The summed E-state index contributed by atoms with van der Waals surface area (Å²) in [5.41, 5.74) is 1.75. The number of benzene rings is 2. The van der Waals surface area contributed by atoms with Crippen LogP contribution in [0.1, 0.15) is 17.3 Å². The predicted octanol–water partition coefficient (Wildman–Crippen LogP) is 3.41. The second kappa shape index (κ2) is 7.00. The summed E-state index contributed by atoms with van der Waals surface area (Å²) in [4.78, 5) is 12.3. The van der Waals surface area contributed by atoms with Crippen LogP contribution in [0.15, 0.2) is 40.9 Å². The fourth-order valence-electron chi connectivity index (χ4n) is 3.24. The zero-order valence-electron chi connectivity index (χ0n) is 15.0. The first-order valence-corrected chi connectivity index (χ1v) is 8.72. The van der Waals surface area contributed by atoms with Crippen LogP contribution in [0, 0.1) is 11.7 Å². The van der Waals surface area contributed by atoms with E-state index in [0.29, 0.717) is 28.9 Å². The third-order valence-electron chi connectivity index (χ3n) is 4.86. The molecule has 2 atom stereocenters. The third-order valence-corrected chi connectivity index (χ3v) is 4.86. The van der Waals surface area contributed by atoms with E-state index in [2.05, 4.69) is 10.5 Å². The van der Waals surface area contributed by atoms with Gasteiger partial charge in [0.25, 0.3) is 0 Å². The summed E-state index contributed by atoms with van der Waals surface area (Å²) in [6.07, 6.45) is -0.127. The molecule has 1 unspecified atom stereocenters. The monoisotopic (exact) mass is 370 g/mol. The summed E-state index contributed by atoms with van der Waals surface area (Å²) in [5, 5.41) is 7.42. The first-order chi connectivity index (χ1) is 13.1. The van der Waals surface area contributed by atoms with E-state index in [-0.39, 0.29) is 29.1 Å². The Balaban J connectivity index is 1.61. The lowest BCUT2D eigenvalue weighted by Gasteiger charge is -2.15. The Kier molecular flexibility index (Phi) is 4.53. The van der Waals surface area contributed by atoms with Gasteiger partial charge in [-0.25, -0.2) is 9.18 Å². The van der Waals surface area contributed by atoms with E-state index < -0.39 is 5.82 Å². The molecule has 1 aliphatic heterocycles. The second-order valence-corrected chi connectivity index (χ2v) is 6.64. The summed E-state index contributed by atoms with van der Waals surface area (Å²) < 4.78 is 30.4. The molecule has 2 heterocycles. The van der Waals surface area contributed by atoms with Gasteiger partial charge in [-0.1, -0.05) is 24.2 Å². The van der Waals surface area contributed by atoms with Gasteiger partial charge in [-0.3, -0.25) is 0 Å². The molecule has 0 saturated carbocycles. The Morgan fingerprint density at radius 1 is 1.22 bits per heavy atom. The Labute approximate surface area is 155 Å². The summed E-state index contributed by atoms with van der Waals surface area (Å²) in [6.45, 7) is 3.54. The molecule has 27 heavy (non-hydrogen) atoms. The lowest BCUT2D eigenvalue weighted by atomic mass is 10.0. The average Bonchev–Trinajstić information content (AvgIpc) is 3.29. The zero-order chi connectivity index (χ0) is 19.0. The molecular formula is C20H19FN2O4. The van der Waals surface area contributed by atoms with Crippen molar-refractivity contribution in [3.8, 4) is 17.0 Å². The van der Waals surface area contributed by atoms with E-state index in [4.69, 9.17) is 14.0 Å². The molecule has 0 amide bonds. The van der Waals surface area contributed by atoms with Crippen LogP contribution < -0.4 is 10.1 Å². The van der Waals surface area contributed by atoms with Gasteiger partial charge in [-0.15, -0.1) is 0 Å². The molecule has 3 aromatic rings. The Hall–Kier alpha value is -2.93. The Morgan fingerprint density at radius 3 is 2.67 bits per heavy atom. The van der Waals surface area contributed by atoms with Gasteiger partial charge in [0.1, 0.15) is 11.8 Å². The van der Waals surface area contributed by atoms with Crippen LogP contribution in [0.5, 0.6) is 5.75 Å². The fourth-order valence-corrected chi connectivity index (χ4v) is 3.24. The minimum Gasteiger partial charge on any atom is -0.494 e. The smallest absolute Gasteiger partial charge is 0.338 e. The molecule has 0 bridgehead atoms. The molecule has 1 aromatic heterocycles. The average molecular weight is 370 g/mol. The molecule has 1 fully saturated rings. The lowest BCUT2D eigenvalue weighted by molar-refractivity contribution is 0.0264. The number of methoxy groups -OCH3 is 1. The molecule has 1 N–H and O–H groups in total. The van der Waals surface area contributed by atoms with Crippen molar-refractivity contribution in [2.24, 2.45) is 5.92 Å². The maximum Gasteiger partial charge on any atom is 0.338 e. The SMILES string of the molecule is COc1ccc2onc(-c3ccc(C(=O)OC4CNC[C@H]4C)cc3)c2c1F. The molecule has 140 valence electrons. The van der Waals surface area contributed by atoms with E-state index in [1.54, 1.807) is 30.3 Å². The van der Waals surface area contributed by atoms with E-state index in [1.165, 1.54) is 13.2 Å². The van der Waals surface area contributed by atoms with Crippen molar-refractivity contribution in [2.75, 3.05) is 20.2 Å². The van der Waals surface area contributed by atoms with E-state index in [9.17, 15) is 9.18 Å². The van der Waals surface area contributed by atoms with Gasteiger partial charge < -0.3 is 19.3 Å². The lowest BCUT2D eigenvalue weighted by Crippen LogP contribution is -2.24. The number of hydrogen-bond donors (Lipinski definition) is 1. The van der Waals surface area contributed by atoms with Crippen molar-refractivity contribution in [3.05, 3.63) is 47.8 Å². The van der Waals surface area contributed by atoms with Crippen molar-refractivity contribution < 1.29 is 23.2 Å². The number of carbonyl (C=O) groups is 1. The molecule has 1 saturated heterocycles. The molecule has 1 aliphatic rings. The van der Waals surface area contributed by atoms with Crippen molar-refractivity contribution in [3.63, 3.8) is 0 Å². The maximum absolute atomic E-state index is 14.6. The highest BCUT2D eigenvalue weighted by atomic mass is 19.1. The number of esters is 1. The topological polar surface area (TPSA) is 73.6 Å².